The lowest BCUT2D eigenvalue weighted by Gasteiger charge is -2.30. The lowest BCUT2D eigenvalue weighted by Crippen LogP contribution is -2.49. The normalized spacial score (nSPS) is 12.1. The van der Waals surface area contributed by atoms with Gasteiger partial charge in [-0.1, -0.05) is 31.5 Å². The number of aliphatic hydroxyl groups excluding tert-OH is 1. The van der Waals surface area contributed by atoms with Gasteiger partial charge in [0.1, 0.15) is 0 Å². The Hall–Kier alpha value is -1.88. The van der Waals surface area contributed by atoms with Crippen LogP contribution in [0, 0.1) is 12.8 Å². The third kappa shape index (κ3) is 4.56. The molecule has 5 nitrogen and oxygen atoms in total. The molecule has 1 N–H and O–H groups in total. The number of hydrogen-bond acceptors (Lipinski definition) is 4. The number of amides is 1. The van der Waals surface area contributed by atoms with Gasteiger partial charge in [-0.3, -0.25) is 4.79 Å². The highest BCUT2D eigenvalue weighted by Gasteiger charge is 2.31. The average Bonchev–Trinajstić information content (AvgIpc) is 2.46. The van der Waals surface area contributed by atoms with Gasteiger partial charge in [-0.15, -0.1) is 0 Å². The lowest BCUT2D eigenvalue weighted by molar-refractivity contribution is -0.147. The second-order valence-electron chi connectivity index (χ2n) is 5.44. The summed E-state index contributed by atoms with van der Waals surface area (Å²) in [5.74, 6) is -0.732. The van der Waals surface area contributed by atoms with Gasteiger partial charge in [-0.25, -0.2) is 4.79 Å². The Balaban J connectivity index is 3.08. The van der Waals surface area contributed by atoms with E-state index in [4.69, 9.17) is 0 Å². The van der Waals surface area contributed by atoms with Crippen LogP contribution in [0.5, 0.6) is 0 Å². The van der Waals surface area contributed by atoms with E-state index in [1.54, 1.807) is 12.1 Å². The largest absolute Gasteiger partial charge is 0.467 e. The molecule has 0 aliphatic carbocycles. The summed E-state index contributed by atoms with van der Waals surface area (Å²) in [5.41, 5.74) is 1.54. The Bertz CT molecular complexity index is 482. The van der Waals surface area contributed by atoms with Gasteiger partial charge in [0.05, 0.1) is 13.7 Å². The minimum absolute atomic E-state index is 0.165. The Morgan fingerprint density at radius 1 is 1.24 bits per heavy atom. The smallest absolute Gasteiger partial charge is 0.331 e. The molecule has 0 bridgehead atoms. The van der Waals surface area contributed by atoms with Gasteiger partial charge in [-0.05, 0) is 25.0 Å². The Morgan fingerprint density at radius 3 is 2.24 bits per heavy atom. The maximum atomic E-state index is 12.6. The van der Waals surface area contributed by atoms with E-state index >= 15 is 0 Å². The molecule has 1 aromatic carbocycles. The Morgan fingerprint density at radius 2 is 1.81 bits per heavy atom. The predicted molar refractivity (Wildman–Crippen MR) is 79.9 cm³/mol. The van der Waals surface area contributed by atoms with Crippen LogP contribution in [-0.4, -0.2) is 48.2 Å². The standard InChI is InChI=1S/C16H23NO4/c1-11(2)9-17(14(10-18)16(20)21-4)15(19)13-7-5-12(3)6-8-13/h5-8,11,14,18H,9-10H2,1-4H3. The molecule has 1 amide bonds. The minimum Gasteiger partial charge on any atom is -0.467 e. The summed E-state index contributed by atoms with van der Waals surface area (Å²) in [6, 6.07) is 6.14. The molecule has 1 rings (SSSR count). The fraction of sp³-hybridized carbons (Fsp3) is 0.500. The molecule has 0 radical (unpaired) electrons. The van der Waals surface area contributed by atoms with Crippen LogP contribution in [0.1, 0.15) is 29.8 Å². The van der Waals surface area contributed by atoms with E-state index in [1.807, 2.05) is 32.9 Å². The molecule has 1 aromatic rings. The van der Waals surface area contributed by atoms with Crippen molar-refractivity contribution < 1.29 is 19.4 Å². The van der Waals surface area contributed by atoms with Crippen LogP contribution in [0.2, 0.25) is 0 Å². The second kappa shape index (κ2) is 7.78. The highest BCUT2D eigenvalue weighted by Crippen LogP contribution is 2.13. The number of carbonyl (C=O) groups is 2. The van der Waals surface area contributed by atoms with Gasteiger partial charge in [0.2, 0.25) is 0 Å². The summed E-state index contributed by atoms with van der Waals surface area (Å²) in [6.07, 6.45) is 0. The highest BCUT2D eigenvalue weighted by molar-refractivity contribution is 5.96. The van der Waals surface area contributed by atoms with Crippen molar-refractivity contribution >= 4 is 11.9 Å². The molecular weight excluding hydrogens is 270 g/mol. The first-order chi connectivity index (χ1) is 9.90. The Kier molecular flexibility index (Phi) is 6.37. The van der Waals surface area contributed by atoms with Gasteiger partial charge >= 0.3 is 5.97 Å². The molecule has 0 saturated heterocycles. The van der Waals surface area contributed by atoms with Crippen molar-refractivity contribution in [3.8, 4) is 0 Å². The fourth-order valence-corrected chi connectivity index (χ4v) is 2.04. The number of rotatable bonds is 6. The van der Waals surface area contributed by atoms with Crippen LogP contribution in [0.3, 0.4) is 0 Å². The van der Waals surface area contributed by atoms with Gasteiger partial charge in [0.25, 0.3) is 5.91 Å². The predicted octanol–water partition coefficient (Wildman–Crippen LogP) is 1.63. The molecule has 0 spiro atoms. The van der Waals surface area contributed by atoms with Crippen LogP contribution in [-0.2, 0) is 9.53 Å². The monoisotopic (exact) mass is 293 g/mol. The average molecular weight is 293 g/mol. The number of aryl methyl sites for hydroxylation is 1. The summed E-state index contributed by atoms with van der Waals surface area (Å²) in [7, 11) is 1.24. The number of aliphatic hydroxyl groups is 1. The molecule has 0 fully saturated rings. The lowest BCUT2D eigenvalue weighted by atomic mass is 10.1. The zero-order chi connectivity index (χ0) is 16.0. The van der Waals surface area contributed by atoms with Crippen molar-refractivity contribution in [3.05, 3.63) is 35.4 Å². The zero-order valence-electron chi connectivity index (χ0n) is 13.0. The van der Waals surface area contributed by atoms with E-state index in [1.165, 1.54) is 12.0 Å². The van der Waals surface area contributed by atoms with E-state index in [0.717, 1.165) is 5.56 Å². The number of hydrogen-bond donors (Lipinski definition) is 1. The van der Waals surface area contributed by atoms with E-state index < -0.39 is 18.6 Å². The van der Waals surface area contributed by atoms with Crippen molar-refractivity contribution in [2.45, 2.75) is 26.8 Å². The molecule has 0 aliphatic rings. The quantitative estimate of drug-likeness (QED) is 0.810. The first-order valence-corrected chi connectivity index (χ1v) is 6.97. The summed E-state index contributed by atoms with van der Waals surface area (Å²) < 4.78 is 4.68. The van der Waals surface area contributed by atoms with E-state index in [9.17, 15) is 14.7 Å². The van der Waals surface area contributed by atoms with E-state index in [2.05, 4.69) is 4.74 Å². The van der Waals surface area contributed by atoms with Gasteiger partial charge in [-0.2, -0.15) is 0 Å². The molecule has 0 aromatic heterocycles. The zero-order valence-corrected chi connectivity index (χ0v) is 13.0. The molecule has 1 unspecified atom stereocenters. The number of methoxy groups -OCH3 is 1. The first-order valence-electron chi connectivity index (χ1n) is 6.97. The third-order valence-electron chi connectivity index (χ3n) is 3.14. The van der Waals surface area contributed by atoms with Crippen molar-refractivity contribution in [1.29, 1.82) is 0 Å². The molecular formula is C16H23NO4. The number of carbonyl (C=O) groups excluding carboxylic acids is 2. The SMILES string of the molecule is COC(=O)C(CO)N(CC(C)C)C(=O)c1ccc(C)cc1. The summed E-state index contributed by atoms with van der Waals surface area (Å²) in [5, 5.41) is 9.46. The van der Waals surface area contributed by atoms with Crippen LogP contribution < -0.4 is 0 Å². The second-order valence-corrected chi connectivity index (χ2v) is 5.44. The summed E-state index contributed by atoms with van der Waals surface area (Å²) in [4.78, 5) is 25.8. The van der Waals surface area contributed by atoms with Crippen LogP contribution in [0.4, 0.5) is 0 Å². The van der Waals surface area contributed by atoms with Gasteiger partial charge < -0.3 is 14.7 Å². The van der Waals surface area contributed by atoms with Crippen LogP contribution in [0.15, 0.2) is 24.3 Å². The van der Waals surface area contributed by atoms with Crippen molar-refractivity contribution in [2.75, 3.05) is 20.3 Å². The molecule has 0 aliphatic heterocycles. The molecule has 21 heavy (non-hydrogen) atoms. The van der Waals surface area contributed by atoms with Gasteiger partial charge in [0.15, 0.2) is 6.04 Å². The molecule has 116 valence electrons. The molecule has 1 atom stereocenters. The third-order valence-corrected chi connectivity index (χ3v) is 3.14. The number of nitrogens with zero attached hydrogens (tertiary/aromatic N) is 1. The van der Waals surface area contributed by atoms with Gasteiger partial charge in [0, 0.05) is 12.1 Å². The molecule has 0 saturated carbocycles. The fourth-order valence-electron chi connectivity index (χ4n) is 2.04. The topological polar surface area (TPSA) is 66.8 Å². The maximum Gasteiger partial charge on any atom is 0.331 e. The number of benzene rings is 1. The number of esters is 1. The van der Waals surface area contributed by atoms with Crippen LogP contribution >= 0.6 is 0 Å². The van der Waals surface area contributed by atoms with Crippen molar-refractivity contribution in [2.24, 2.45) is 5.92 Å². The van der Waals surface area contributed by atoms with Crippen LogP contribution in [0.25, 0.3) is 0 Å². The first kappa shape index (κ1) is 17.2. The number of ether oxygens (including phenoxy) is 1. The van der Waals surface area contributed by atoms with E-state index in [-0.39, 0.29) is 11.8 Å². The summed E-state index contributed by atoms with van der Waals surface area (Å²) >= 11 is 0. The summed E-state index contributed by atoms with van der Waals surface area (Å²) in [6.45, 7) is 5.73. The maximum absolute atomic E-state index is 12.6. The minimum atomic E-state index is -0.980. The molecule has 0 heterocycles. The van der Waals surface area contributed by atoms with Crippen molar-refractivity contribution in [1.82, 2.24) is 4.90 Å². The highest BCUT2D eigenvalue weighted by atomic mass is 16.5. The van der Waals surface area contributed by atoms with E-state index in [0.29, 0.717) is 12.1 Å². The molecule has 5 heteroatoms. The van der Waals surface area contributed by atoms with Crippen molar-refractivity contribution in [3.63, 3.8) is 0 Å². The Labute approximate surface area is 125 Å².